The first-order chi connectivity index (χ1) is 6.24. The summed E-state index contributed by atoms with van der Waals surface area (Å²) in [6.45, 7) is 4.70. The van der Waals surface area contributed by atoms with Crippen LogP contribution in [0.25, 0.3) is 0 Å². The zero-order valence-corrected chi connectivity index (χ0v) is 8.58. The molecule has 0 radical (unpaired) electrons. The van der Waals surface area contributed by atoms with Crippen LogP contribution in [-0.4, -0.2) is 23.8 Å². The maximum atomic E-state index is 9.42. The predicted octanol–water partition coefficient (Wildman–Crippen LogP) is 1.43. The smallest absolute Gasteiger partial charge is 0.0664 e. The van der Waals surface area contributed by atoms with Gasteiger partial charge in [-0.3, -0.25) is 0 Å². The quantitative estimate of drug-likeness (QED) is 0.629. The van der Waals surface area contributed by atoms with E-state index in [0.29, 0.717) is 13.0 Å². The first kappa shape index (κ1) is 12.4. The average Bonchev–Trinajstić information content (AvgIpc) is 2.12. The Morgan fingerprint density at radius 3 is 2.62 bits per heavy atom. The number of rotatable bonds is 7. The van der Waals surface area contributed by atoms with Gasteiger partial charge in [0.05, 0.1) is 18.6 Å². The molecule has 0 bridgehead atoms. The number of nitrogens with one attached hydrogen (secondary N) is 1. The molecule has 3 heteroatoms. The van der Waals surface area contributed by atoms with E-state index in [-0.39, 0.29) is 12.1 Å². The van der Waals surface area contributed by atoms with Gasteiger partial charge in [0.15, 0.2) is 0 Å². The highest BCUT2D eigenvalue weighted by Crippen LogP contribution is 1.99. The lowest BCUT2D eigenvalue weighted by Gasteiger charge is -2.16. The summed E-state index contributed by atoms with van der Waals surface area (Å²) in [5, 5.41) is 21.1. The fourth-order valence-electron chi connectivity index (χ4n) is 1.21. The molecule has 2 unspecified atom stereocenters. The van der Waals surface area contributed by atoms with Crippen molar-refractivity contribution >= 4 is 0 Å². The van der Waals surface area contributed by atoms with Crippen LogP contribution in [-0.2, 0) is 0 Å². The first-order valence-electron chi connectivity index (χ1n) is 5.02. The summed E-state index contributed by atoms with van der Waals surface area (Å²) >= 11 is 0. The van der Waals surface area contributed by atoms with Crippen molar-refractivity contribution < 1.29 is 5.11 Å². The van der Waals surface area contributed by atoms with E-state index in [1.54, 1.807) is 0 Å². The second-order valence-electron chi connectivity index (χ2n) is 3.32. The molecule has 0 aromatic heterocycles. The molecule has 0 saturated carbocycles. The fourth-order valence-corrected chi connectivity index (χ4v) is 1.21. The molecule has 0 heterocycles. The van der Waals surface area contributed by atoms with Crippen molar-refractivity contribution in [3.8, 4) is 6.07 Å². The monoisotopic (exact) mass is 184 g/mol. The van der Waals surface area contributed by atoms with Crippen LogP contribution in [0.2, 0.25) is 0 Å². The van der Waals surface area contributed by atoms with Crippen LogP contribution in [0.4, 0.5) is 0 Å². The maximum absolute atomic E-state index is 9.42. The molecule has 0 aliphatic carbocycles. The van der Waals surface area contributed by atoms with E-state index in [2.05, 4.69) is 18.3 Å². The summed E-state index contributed by atoms with van der Waals surface area (Å²) in [6, 6.07) is 2.36. The SMILES string of the molecule is CCCC(O)CNC(CC)CC#N. The molecule has 0 spiro atoms. The van der Waals surface area contributed by atoms with Crippen molar-refractivity contribution in [3.63, 3.8) is 0 Å². The van der Waals surface area contributed by atoms with Crippen molar-refractivity contribution in [1.82, 2.24) is 5.32 Å². The summed E-state index contributed by atoms with van der Waals surface area (Å²) in [5.74, 6) is 0. The molecule has 0 rings (SSSR count). The Morgan fingerprint density at radius 1 is 1.46 bits per heavy atom. The molecule has 0 fully saturated rings. The minimum absolute atomic E-state index is 0.233. The van der Waals surface area contributed by atoms with Crippen molar-refractivity contribution in [2.75, 3.05) is 6.54 Å². The van der Waals surface area contributed by atoms with Crippen LogP contribution in [0.15, 0.2) is 0 Å². The van der Waals surface area contributed by atoms with Gasteiger partial charge in [-0.1, -0.05) is 20.3 Å². The summed E-state index contributed by atoms with van der Waals surface area (Å²) in [6.07, 6.45) is 3.02. The van der Waals surface area contributed by atoms with E-state index in [1.165, 1.54) is 0 Å². The van der Waals surface area contributed by atoms with E-state index >= 15 is 0 Å². The highest BCUT2D eigenvalue weighted by Gasteiger charge is 2.07. The average molecular weight is 184 g/mol. The summed E-state index contributed by atoms with van der Waals surface area (Å²) in [4.78, 5) is 0. The van der Waals surface area contributed by atoms with Crippen molar-refractivity contribution in [2.45, 2.75) is 51.7 Å². The third-order valence-corrected chi connectivity index (χ3v) is 2.09. The Balaban J connectivity index is 3.53. The van der Waals surface area contributed by atoms with Crippen molar-refractivity contribution in [1.29, 1.82) is 5.26 Å². The van der Waals surface area contributed by atoms with Gasteiger partial charge in [-0.15, -0.1) is 0 Å². The molecule has 13 heavy (non-hydrogen) atoms. The van der Waals surface area contributed by atoms with Gasteiger partial charge in [-0.2, -0.15) is 5.26 Å². The lowest BCUT2D eigenvalue weighted by molar-refractivity contribution is 0.156. The number of hydrogen-bond acceptors (Lipinski definition) is 3. The van der Waals surface area contributed by atoms with Crippen LogP contribution >= 0.6 is 0 Å². The zero-order chi connectivity index (χ0) is 10.1. The molecular formula is C10H20N2O. The highest BCUT2D eigenvalue weighted by atomic mass is 16.3. The minimum atomic E-state index is -0.266. The largest absolute Gasteiger partial charge is 0.392 e. The summed E-state index contributed by atoms with van der Waals surface area (Å²) in [7, 11) is 0. The predicted molar refractivity (Wildman–Crippen MR) is 53.2 cm³/mol. The van der Waals surface area contributed by atoms with Gasteiger partial charge >= 0.3 is 0 Å². The van der Waals surface area contributed by atoms with Gasteiger partial charge < -0.3 is 10.4 Å². The molecule has 76 valence electrons. The molecular weight excluding hydrogens is 164 g/mol. The van der Waals surface area contributed by atoms with E-state index in [0.717, 1.165) is 19.3 Å². The summed E-state index contributed by atoms with van der Waals surface area (Å²) < 4.78 is 0. The molecule has 2 atom stereocenters. The fraction of sp³-hybridized carbons (Fsp3) is 0.900. The van der Waals surface area contributed by atoms with Gasteiger partial charge in [-0.25, -0.2) is 0 Å². The van der Waals surface area contributed by atoms with Crippen molar-refractivity contribution in [2.24, 2.45) is 0 Å². The van der Waals surface area contributed by atoms with Gasteiger partial charge in [-0.05, 0) is 12.8 Å². The normalized spacial score (nSPS) is 14.9. The van der Waals surface area contributed by atoms with Crippen LogP contribution in [0.3, 0.4) is 0 Å². The molecule has 2 N–H and O–H groups in total. The molecule has 0 saturated heterocycles. The van der Waals surface area contributed by atoms with Crippen LogP contribution < -0.4 is 5.32 Å². The topological polar surface area (TPSA) is 56.0 Å². The van der Waals surface area contributed by atoms with E-state index in [4.69, 9.17) is 5.26 Å². The summed E-state index contributed by atoms with van der Waals surface area (Å²) in [5.41, 5.74) is 0. The standard InChI is InChI=1S/C10H20N2O/c1-3-5-10(13)8-12-9(4-2)6-7-11/h9-10,12-13H,3-6,8H2,1-2H3. The third-order valence-electron chi connectivity index (χ3n) is 2.09. The maximum Gasteiger partial charge on any atom is 0.0664 e. The molecule has 0 aliphatic rings. The zero-order valence-electron chi connectivity index (χ0n) is 8.58. The second-order valence-corrected chi connectivity index (χ2v) is 3.32. The van der Waals surface area contributed by atoms with E-state index < -0.39 is 0 Å². The van der Waals surface area contributed by atoms with Crippen LogP contribution in [0.1, 0.15) is 39.5 Å². The van der Waals surface area contributed by atoms with Gasteiger partial charge in [0, 0.05) is 12.6 Å². The van der Waals surface area contributed by atoms with Gasteiger partial charge in [0.25, 0.3) is 0 Å². The number of nitrogens with zero attached hydrogens (tertiary/aromatic N) is 1. The highest BCUT2D eigenvalue weighted by molar-refractivity contribution is 4.80. The van der Waals surface area contributed by atoms with Gasteiger partial charge in [0.2, 0.25) is 0 Å². The van der Waals surface area contributed by atoms with E-state index in [1.807, 2.05) is 6.92 Å². The van der Waals surface area contributed by atoms with Gasteiger partial charge in [0.1, 0.15) is 0 Å². The molecule has 0 aliphatic heterocycles. The molecule has 3 nitrogen and oxygen atoms in total. The molecule has 0 aromatic carbocycles. The Bertz CT molecular complexity index is 153. The Morgan fingerprint density at radius 2 is 2.15 bits per heavy atom. The van der Waals surface area contributed by atoms with Crippen LogP contribution in [0.5, 0.6) is 0 Å². The number of hydrogen-bond donors (Lipinski definition) is 2. The second kappa shape index (κ2) is 8.03. The molecule has 0 amide bonds. The Hall–Kier alpha value is -0.590. The lowest BCUT2D eigenvalue weighted by Crippen LogP contribution is -2.34. The van der Waals surface area contributed by atoms with E-state index in [9.17, 15) is 5.11 Å². The number of aliphatic hydroxyl groups is 1. The lowest BCUT2D eigenvalue weighted by atomic mass is 10.1. The van der Waals surface area contributed by atoms with Crippen LogP contribution in [0, 0.1) is 11.3 Å². The Kier molecular flexibility index (Phi) is 7.66. The number of aliphatic hydroxyl groups excluding tert-OH is 1. The first-order valence-corrected chi connectivity index (χ1v) is 5.02. The Labute approximate surface area is 80.8 Å². The third kappa shape index (κ3) is 6.56. The molecule has 0 aromatic rings. The van der Waals surface area contributed by atoms with Crippen molar-refractivity contribution in [3.05, 3.63) is 0 Å². The minimum Gasteiger partial charge on any atom is -0.392 e. The number of nitriles is 1.